The van der Waals surface area contributed by atoms with E-state index in [9.17, 15) is 9.59 Å². The van der Waals surface area contributed by atoms with Crippen molar-refractivity contribution in [3.05, 3.63) is 11.9 Å². The number of amides is 2. The molecule has 0 aromatic carbocycles. The number of alkyl halides is 1. The lowest BCUT2D eigenvalue weighted by Crippen LogP contribution is -2.59. The number of carbonyl (C=O) groups excluding carboxylic acids is 2. The second-order valence-electron chi connectivity index (χ2n) is 11.7. The fourth-order valence-electron chi connectivity index (χ4n) is 5.84. The number of ether oxygens (including phenoxy) is 1. The van der Waals surface area contributed by atoms with Gasteiger partial charge in [0.05, 0.1) is 0 Å². The largest absolute Gasteiger partial charge is 0.444 e. The van der Waals surface area contributed by atoms with Gasteiger partial charge >= 0.3 is 6.09 Å². The molecule has 8 nitrogen and oxygen atoms in total. The first-order valence-electron chi connectivity index (χ1n) is 12.6. The van der Waals surface area contributed by atoms with E-state index in [1.54, 1.807) is 9.80 Å². The Morgan fingerprint density at radius 3 is 2.24 bits per heavy atom. The lowest BCUT2D eigenvalue weighted by Gasteiger charge is -2.46. The number of hydrogen-bond acceptors (Lipinski definition) is 6. The maximum absolute atomic E-state index is 15.1. The van der Waals surface area contributed by atoms with Crippen molar-refractivity contribution in [1.82, 2.24) is 14.9 Å². The smallest absolute Gasteiger partial charge is 0.410 e. The van der Waals surface area contributed by atoms with Gasteiger partial charge in [-0.25, -0.2) is 19.2 Å². The highest BCUT2D eigenvalue weighted by atomic mass is 19.1. The van der Waals surface area contributed by atoms with Crippen LogP contribution in [0, 0.1) is 0 Å². The Labute approximate surface area is 200 Å². The number of anilines is 2. The zero-order valence-corrected chi connectivity index (χ0v) is 20.9. The van der Waals surface area contributed by atoms with Gasteiger partial charge in [0.15, 0.2) is 5.67 Å². The summed E-state index contributed by atoms with van der Waals surface area (Å²) in [5.74, 6) is 0.961. The number of aromatic nitrogens is 2. The Balaban J connectivity index is 1.45. The number of rotatable bonds is 2. The van der Waals surface area contributed by atoms with Crippen LogP contribution in [-0.4, -0.2) is 69.9 Å². The van der Waals surface area contributed by atoms with Crippen molar-refractivity contribution in [2.75, 3.05) is 29.4 Å². The Hall–Kier alpha value is -2.45. The predicted octanol–water partition coefficient (Wildman–Crippen LogP) is 3.97. The number of nitrogens with zero attached hydrogens (tertiary/aromatic N) is 5. The summed E-state index contributed by atoms with van der Waals surface area (Å²) in [5, 5.41) is 0. The highest BCUT2D eigenvalue weighted by Crippen LogP contribution is 2.56. The molecule has 34 heavy (non-hydrogen) atoms. The molecule has 1 saturated heterocycles. The van der Waals surface area contributed by atoms with Gasteiger partial charge in [0.25, 0.3) is 5.91 Å². The normalized spacial score (nSPS) is 27.2. The molecule has 4 aliphatic rings. The van der Waals surface area contributed by atoms with E-state index < -0.39 is 17.2 Å². The second kappa shape index (κ2) is 7.78. The summed E-state index contributed by atoms with van der Waals surface area (Å²) in [5.41, 5.74) is -1.51. The predicted molar refractivity (Wildman–Crippen MR) is 127 cm³/mol. The fourth-order valence-corrected chi connectivity index (χ4v) is 5.84. The maximum atomic E-state index is 15.1. The number of hydrogen-bond donors (Lipinski definition) is 0. The molecule has 1 aromatic rings. The highest BCUT2D eigenvalue weighted by Gasteiger charge is 2.56. The van der Waals surface area contributed by atoms with Crippen LogP contribution in [0.4, 0.5) is 20.8 Å². The summed E-state index contributed by atoms with van der Waals surface area (Å²) in [6.07, 6.45) is 5.51. The molecule has 2 atom stereocenters. The first-order chi connectivity index (χ1) is 15.9. The molecule has 5 rings (SSSR count). The van der Waals surface area contributed by atoms with Gasteiger partial charge in [0, 0.05) is 42.7 Å². The van der Waals surface area contributed by atoms with E-state index in [1.165, 1.54) is 6.33 Å². The molecule has 3 fully saturated rings. The molecule has 9 heteroatoms. The standard InChI is InChI=1S/C25H36FN5O3/c1-16-13-30(22(33)34-23(3,4)5)17(2)12-29(16)19-18-20(28-15-27-19)31(14-24(18)8-6-9-24)21(32)25(26)10-7-11-25/h15-17H,6-14H2,1-5H3/t16-,17+/m0/s1. The molecule has 0 unspecified atom stereocenters. The van der Waals surface area contributed by atoms with Crippen LogP contribution < -0.4 is 9.80 Å². The van der Waals surface area contributed by atoms with Crippen molar-refractivity contribution in [2.24, 2.45) is 0 Å². The molecule has 2 amide bonds. The third-order valence-electron chi connectivity index (χ3n) is 8.03. The monoisotopic (exact) mass is 473 g/mol. The van der Waals surface area contributed by atoms with Crippen molar-refractivity contribution < 1.29 is 18.7 Å². The van der Waals surface area contributed by atoms with Crippen LogP contribution in [0.15, 0.2) is 6.33 Å². The second-order valence-corrected chi connectivity index (χ2v) is 11.7. The van der Waals surface area contributed by atoms with Crippen LogP contribution in [0.25, 0.3) is 0 Å². The van der Waals surface area contributed by atoms with E-state index in [2.05, 4.69) is 16.8 Å². The number of carbonyl (C=O) groups is 2. The molecule has 0 N–H and O–H groups in total. The van der Waals surface area contributed by atoms with Gasteiger partial charge in [0.2, 0.25) is 0 Å². The number of piperazine rings is 1. The Morgan fingerprint density at radius 2 is 1.68 bits per heavy atom. The minimum Gasteiger partial charge on any atom is -0.444 e. The molecule has 0 radical (unpaired) electrons. The van der Waals surface area contributed by atoms with Crippen molar-refractivity contribution in [3.63, 3.8) is 0 Å². The molecule has 186 valence electrons. The van der Waals surface area contributed by atoms with Gasteiger partial charge in [-0.15, -0.1) is 0 Å². The van der Waals surface area contributed by atoms with Crippen LogP contribution in [0.2, 0.25) is 0 Å². The van der Waals surface area contributed by atoms with E-state index >= 15 is 4.39 Å². The van der Waals surface area contributed by atoms with Gasteiger partial charge in [-0.2, -0.15) is 0 Å². The van der Waals surface area contributed by atoms with E-state index in [4.69, 9.17) is 9.72 Å². The molecule has 2 aliphatic carbocycles. The Bertz CT molecular complexity index is 1000. The van der Waals surface area contributed by atoms with Gasteiger partial charge in [-0.3, -0.25) is 9.69 Å². The zero-order valence-electron chi connectivity index (χ0n) is 20.9. The number of halogens is 1. The molecule has 2 saturated carbocycles. The van der Waals surface area contributed by atoms with Gasteiger partial charge in [-0.1, -0.05) is 6.42 Å². The van der Waals surface area contributed by atoms with Crippen molar-refractivity contribution in [3.8, 4) is 0 Å². The number of fused-ring (bicyclic) bond motifs is 2. The van der Waals surface area contributed by atoms with E-state index in [1.807, 2.05) is 27.7 Å². The average Bonchev–Trinajstić information content (AvgIpc) is 3.08. The molecular weight excluding hydrogens is 437 g/mol. The summed E-state index contributed by atoms with van der Waals surface area (Å²) in [4.78, 5) is 40.8. The van der Waals surface area contributed by atoms with Gasteiger partial charge in [0.1, 0.15) is 23.6 Å². The van der Waals surface area contributed by atoms with Crippen LogP contribution >= 0.6 is 0 Å². The molecular formula is C25H36FN5O3. The van der Waals surface area contributed by atoms with Crippen LogP contribution in [0.5, 0.6) is 0 Å². The third kappa shape index (κ3) is 3.62. The summed E-state index contributed by atoms with van der Waals surface area (Å²) in [6, 6.07) is -0.0685. The van der Waals surface area contributed by atoms with Crippen molar-refractivity contribution >= 4 is 23.6 Å². The zero-order chi connectivity index (χ0) is 24.5. The first kappa shape index (κ1) is 23.3. The lowest BCUT2D eigenvalue weighted by atomic mass is 9.66. The summed E-state index contributed by atoms with van der Waals surface area (Å²) in [7, 11) is 0. The van der Waals surface area contributed by atoms with Crippen molar-refractivity contribution in [2.45, 2.75) is 102 Å². The minimum absolute atomic E-state index is 0.00347. The molecule has 1 aromatic heterocycles. The van der Waals surface area contributed by atoms with Crippen LogP contribution in [-0.2, 0) is 14.9 Å². The summed E-state index contributed by atoms with van der Waals surface area (Å²) < 4.78 is 20.8. The van der Waals surface area contributed by atoms with Crippen LogP contribution in [0.1, 0.15) is 78.7 Å². The first-order valence-corrected chi connectivity index (χ1v) is 12.6. The lowest BCUT2D eigenvalue weighted by molar-refractivity contribution is -0.135. The fraction of sp³-hybridized carbons (Fsp3) is 0.760. The van der Waals surface area contributed by atoms with Gasteiger partial charge in [-0.05, 0) is 66.7 Å². The summed E-state index contributed by atoms with van der Waals surface area (Å²) >= 11 is 0. The third-order valence-corrected chi connectivity index (χ3v) is 8.03. The highest BCUT2D eigenvalue weighted by molar-refractivity contribution is 6.02. The van der Waals surface area contributed by atoms with Gasteiger partial charge < -0.3 is 14.5 Å². The van der Waals surface area contributed by atoms with E-state index in [-0.39, 0.29) is 23.6 Å². The molecule has 1 spiro atoms. The maximum Gasteiger partial charge on any atom is 0.410 e. The SMILES string of the molecule is C[C@@H]1CN(c2ncnc3c2C2(CCC2)CN3C(=O)C2(F)CCC2)[C@@H](C)CN1C(=O)OC(C)(C)C. The molecule has 2 aliphatic heterocycles. The van der Waals surface area contributed by atoms with E-state index in [0.717, 1.165) is 37.1 Å². The molecule has 0 bridgehead atoms. The average molecular weight is 474 g/mol. The Kier molecular flexibility index (Phi) is 5.33. The van der Waals surface area contributed by atoms with Crippen molar-refractivity contribution in [1.29, 1.82) is 0 Å². The Morgan fingerprint density at radius 1 is 1.03 bits per heavy atom. The van der Waals surface area contributed by atoms with E-state index in [0.29, 0.717) is 38.3 Å². The minimum atomic E-state index is -1.75. The quantitative estimate of drug-likeness (QED) is 0.647. The topological polar surface area (TPSA) is 78.9 Å². The van der Waals surface area contributed by atoms with Crippen LogP contribution in [0.3, 0.4) is 0 Å². The molecule has 3 heterocycles. The summed E-state index contributed by atoms with van der Waals surface area (Å²) in [6.45, 7) is 11.3.